The predicted molar refractivity (Wildman–Crippen MR) is 36.8 cm³/mol. The van der Waals surface area contributed by atoms with Crippen molar-refractivity contribution in [3.05, 3.63) is 29.3 Å². The second kappa shape index (κ2) is 3.08. The molecule has 0 aliphatic rings. The number of hydrogen-bond donors (Lipinski definition) is 1. The maximum Gasteiger partial charge on any atom is 0.146 e. The molecule has 0 fully saturated rings. The van der Waals surface area contributed by atoms with Crippen molar-refractivity contribution in [2.75, 3.05) is 0 Å². The molecule has 4 heteroatoms. The van der Waals surface area contributed by atoms with E-state index in [0.717, 1.165) is 0 Å². The molecule has 3 nitrogen and oxygen atoms in total. The van der Waals surface area contributed by atoms with Crippen molar-refractivity contribution in [1.29, 1.82) is 5.26 Å². The highest BCUT2D eigenvalue weighted by atomic mass is 19.1. The highest BCUT2D eigenvalue weighted by Crippen LogP contribution is 2.03. The number of hydrogen-bond acceptors (Lipinski definition) is 3. The zero-order valence-electron chi connectivity index (χ0n) is 5.71. The van der Waals surface area contributed by atoms with Gasteiger partial charge in [-0.2, -0.15) is 5.26 Å². The fourth-order valence-electron chi connectivity index (χ4n) is 0.690. The molecule has 1 aromatic heterocycles. The van der Waals surface area contributed by atoms with E-state index < -0.39 is 5.82 Å². The summed E-state index contributed by atoms with van der Waals surface area (Å²) in [4.78, 5) is 3.65. The molecule has 11 heavy (non-hydrogen) atoms. The van der Waals surface area contributed by atoms with Crippen molar-refractivity contribution in [2.45, 2.75) is 6.54 Å². The van der Waals surface area contributed by atoms with Gasteiger partial charge >= 0.3 is 0 Å². The van der Waals surface area contributed by atoms with Gasteiger partial charge in [0, 0.05) is 6.54 Å². The van der Waals surface area contributed by atoms with Gasteiger partial charge in [-0.3, -0.25) is 0 Å². The molecule has 0 saturated carbocycles. The number of nitrogens with zero attached hydrogens (tertiary/aromatic N) is 2. The number of pyridine rings is 1. The van der Waals surface area contributed by atoms with Gasteiger partial charge in [0.1, 0.15) is 17.6 Å². The minimum Gasteiger partial charge on any atom is -0.325 e. The van der Waals surface area contributed by atoms with Crippen molar-refractivity contribution >= 4 is 0 Å². The van der Waals surface area contributed by atoms with Crippen LogP contribution < -0.4 is 5.73 Å². The molecule has 0 amide bonds. The first-order valence-corrected chi connectivity index (χ1v) is 3.03. The quantitative estimate of drug-likeness (QED) is 0.637. The fourth-order valence-corrected chi connectivity index (χ4v) is 0.690. The number of rotatable bonds is 1. The molecular weight excluding hydrogens is 145 g/mol. The largest absolute Gasteiger partial charge is 0.325 e. The predicted octanol–water partition coefficient (Wildman–Crippen LogP) is 0.551. The minimum absolute atomic E-state index is 0.0152. The Bertz CT molecular complexity index is 303. The first-order chi connectivity index (χ1) is 5.27. The minimum atomic E-state index is -0.466. The van der Waals surface area contributed by atoms with E-state index in [2.05, 4.69) is 4.98 Å². The van der Waals surface area contributed by atoms with Gasteiger partial charge in [-0.05, 0) is 12.1 Å². The summed E-state index contributed by atoms with van der Waals surface area (Å²) in [6.07, 6.45) is 0. The second-order valence-corrected chi connectivity index (χ2v) is 1.94. The lowest BCUT2D eigenvalue weighted by Gasteiger charge is -1.96. The first-order valence-electron chi connectivity index (χ1n) is 3.03. The summed E-state index contributed by atoms with van der Waals surface area (Å²) in [6.45, 7) is 0.0152. The molecule has 1 heterocycles. The Morgan fingerprint density at radius 3 is 2.91 bits per heavy atom. The van der Waals surface area contributed by atoms with Crippen LogP contribution >= 0.6 is 0 Å². The summed E-state index contributed by atoms with van der Waals surface area (Å²) in [7, 11) is 0. The lowest BCUT2D eigenvalue weighted by atomic mass is 10.3. The van der Waals surface area contributed by atoms with Crippen LogP contribution in [0, 0.1) is 17.1 Å². The lowest BCUT2D eigenvalue weighted by molar-refractivity contribution is 0.599. The van der Waals surface area contributed by atoms with E-state index in [1.54, 1.807) is 6.07 Å². The third-order valence-electron chi connectivity index (χ3n) is 1.23. The van der Waals surface area contributed by atoms with Gasteiger partial charge in [0.05, 0.1) is 5.69 Å². The van der Waals surface area contributed by atoms with E-state index in [1.165, 1.54) is 12.1 Å². The van der Waals surface area contributed by atoms with E-state index in [9.17, 15) is 4.39 Å². The number of nitriles is 1. The zero-order chi connectivity index (χ0) is 8.27. The lowest BCUT2D eigenvalue weighted by Crippen LogP contribution is -2.03. The van der Waals surface area contributed by atoms with Crippen LogP contribution in [0.1, 0.15) is 11.4 Å². The van der Waals surface area contributed by atoms with Gasteiger partial charge in [-0.25, -0.2) is 9.37 Å². The Labute approximate surface area is 63.3 Å². The Kier molecular flexibility index (Phi) is 2.14. The SMILES string of the molecule is N#Cc1ccc(F)c(CN)n1. The van der Waals surface area contributed by atoms with Crippen molar-refractivity contribution in [3.63, 3.8) is 0 Å². The highest BCUT2D eigenvalue weighted by molar-refractivity contribution is 5.23. The van der Waals surface area contributed by atoms with Gasteiger partial charge in [-0.1, -0.05) is 0 Å². The van der Waals surface area contributed by atoms with Crippen molar-refractivity contribution < 1.29 is 4.39 Å². The molecule has 0 radical (unpaired) electrons. The van der Waals surface area contributed by atoms with Gasteiger partial charge in [0.2, 0.25) is 0 Å². The molecule has 0 atom stereocenters. The van der Waals surface area contributed by atoms with E-state index in [1.807, 2.05) is 0 Å². The Hall–Kier alpha value is -1.47. The first kappa shape index (κ1) is 7.63. The molecular formula is C7H6FN3. The van der Waals surface area contributed by atoms with Crippen LogP contribution in [-0.4, -0.2) is 4.98 Å². The zero-order valence-corrected chi connectivity index (χ0v) is 5.71. The molecule has 2 N–H and O–H groups in total. The molecule has 0 unspecified atom stereocenters. The maximum absolute atomic E-state index is 12.7. The van der Waals surface area contributed by atoms with Crippen LogP contribution in [0.4, 0.5) is 4.39 Å². The van der Waals surface area contributed by atoms with Gasteiger partial charge in [0.15, 0.2) is 0 Å². The molecule has 0 aromatic carbocycles. The molecule has 0 saturated heterocycles. The number of nitrogens with two attached hydrogens (primary N) is 1. The third kappa shape index (κ3) is 1.51. The monoisotopic (exact) mass is 151 g/mol. The maximum atomic E-state index is 12.7. The Morgan fingerprint density at radius 2 is 2.36 bits per heavy atom. The van der Waals surface area contributed by atoms with E-state index in [4.69, 9.17) is 11.0 Å². The highest BCUT2D eigenvalue weighted by Gasteiger charge is 2.01. The summed E-state index contributed by atoms with van der Waals surface area (Å²) >= 11 is 0. The van der Waals surface area contributed by atoms with Gasteiger partial charge in [0.25, 0.3) is 0 Å². The van der Waals surface area contributed by atoms with Crippen LogP contribution in [0.15, 0.2) is 12.1 Å². The van der Waals surface area contributed by atoms with Gasteiger partial charge < -0.3 is 5.73 Å². The van der Waals surface area contributed by atoms with Crippen LogP contribution in [0.2, 0.25) is 0 Å². The van der Waals surface area contributed by atoms with Crippen LogP contribution in [0.3, 0.4) is 0 Å². The Morgan fingerprint density at radius 1 is 1.64 bits per heavy atom. The molecule has 1 aromatic rings. The number of halogens is 1. The molecule has 0 aliphatic heterocycles. The smallest absolute Gasteiger partial charge is 0.146 e. The van der Waals surface area contributed by atoms with Crippen LogP contribution in [0.5, 0.6) is 0 Å². The van der Waals surface area contributed by atoms with Crippen molar-refractivity contribution in [1.82, 2.24) is 4.98 Å². The van der Waals surface area contributed by atoms with E-state index in [-0.39, 0.29) is 17.9 Å². The van der Waals surface area contributed by atoms with E-state index in [0.29, 0.717) is 0 Å². The van der Waals surface area contributed by atoms with Crippen LogP contribution in [-0.2, 0) is 6.54 Å². The molecule has 1 rings (SSSR count). The molecule has 0 aliphatic carbocycles. The summed E-state index contributed by atoms with van der Waals surface area (Å²) in [5.74, 6) is -0.466. The summed E-state index contributed by atoms with van der Waals surface area (Å²) in [5.41, 5.74) is 5.48. The van der Waals surface area contributed by atoms with E-state index >= 15 is 0 Å². The van der Waals surface area contributed by atoms with Crippen molar-refractivity contribution in [3.8, 4) is 6.07 Å². The normalized spacial score (nSPS) is 9.18. The Balaban J connectivity index is 3.15. The fraction of sp³-hybridized carbons (Fsp3) is 0.143. The topological polar surface area (TPSA) is 62.7 Å². The number of aromatic nitrogens is 1. The third-order valence-corrected chi connectivity index (χ3v) is 1.23. The standard InChI is InChI=1S/C7H6FN3/c8-6-2-1-5(3-9)11-7(6)4-10/h1-2H,4,10H2. The second-order valence-electron chi connectivity index (χ2n) is 1.94. The molecule has 56 valence electrons. The van der Waals surface area contributed by atoms with Crippen molar-refractivity contribution in [2.24, 2.45) is 5.73 Å². The molecule has 0 spiro atoms. The summed E-state index contributed by atoms with van der Waals surface area (Å²) < 4.78 is 12.7. The van der Waals surface area contributed by atoms with Gasteiger partial charge in [-0.15, -0.1) is 0 Å². The summed E-state index contributed by atoms with van der Waals surface area (Å²) in [6, 6.07) is 4.30. The average Bonchev–Trinajstić information content (AvgIpc) is 2.05. The summed E-state index contributed by atoms with van der Waals surface area (Å²) in [5, 5.41) is 8.37. The van der Waals surface area contributed by atoms with Crippen LogP contribution in [0.25, 0.3) is 0 Å². The average molecular weight is 151 g/mol. The molecule has 0 bridgehead atoms.